The van der Waals surface area contributed by atoms with Crippen molar-refractivity contribution in [3.63, 3.8) is 0 Å². The van der Waals surface area contributed by atoms with E-state index in [4.69, 9.17) is 10.5 Å². The molecule has 0 bridgehead atoms. The highest BCUT2D eigenvalue weighted by molar-refractivity contribution is 7.98. The van der Waals surface area contributed by atoms with E-state index >= 15 is 0 Å². The minimum atomic E-state index is -0.453. The van der Waals surface area contributed by atoms with E-state index < -0.39 is 6.04 Å². The zero-order valence-electron chi connectivity index (χ0n) is 8.58. The van der Waals surface area contributed by atoms with Gasteiger partial charge in [-0.15, -0.1) is 0 Å². The number of thioether (sulfide) groups is 1. The first kappa shape index (κ1) is 12.8. The lowest BCUT2D eigenvalue weighted by atomic mass is 10.2. The van der Waals surface area contributed by atoms with Gasteiger partial charge in [0, 0.05) is 0 Å². The van der Waals surface area contributed by atoms with Crippen molar-refractivity contribution in [3.05, 3.63) is 0 Å². The number of rotatable bonds is 6. The summed E-state index contributed by atoms with van der Waals surface area (Å²) in [6, 6.07) is -0.453. The van der Waals surface area contributed by atoms with Gasteiger partial charge in [-0.3, -0.25) is 4.79 Å². The van der Waals surface area contributed by atoms with Gasteiger partial charge >= 0.3 is 5.97 Å². The summed E-state index contributed by atoms with van der Waals surface area (Å²) < 4.78 is 4.99. The Morgan fingerprint density at radius 3 is 2.62 bits per heavy atom. The van der Waals surface area contributed by atoms with Crippen LogP contribution in [0.3, 0.4) is 0 Å². The molecule has 0 rings (SSSR count). The Kier molecular flexibility index (Phi) is 7.09. The van der Waals surface area contributed by atoms with Crippen LogP contribution in [-0.4, -0.2) is 30.6 Å². The van der Waals surface area contributed by atoms with Gasteiger partial charge in [-0.2, -0.15) is 11.8 Å². The maximum Gasteiger partial charge on any atom is 0.322 e. The second-order valence-corrected chi connectivity index (χ2v) is 4.40. The van der Waals surface area contributed by atoms with E-state index in [2.05, 4.69) is 0 Å². The molecule has 0 radical (unpaired) electrons. The molecule has 1 atom stereocenters. The second kappa shape index (κ2) is 7.21. The highest BCUT2D eigenvalue weighted by Gasteiger charge is 2.14. The molecule has 0 aromatic heterocycles. The van der Waals surface area contributed by atoms with Crippen LogP contribution in [0.5, 0.6) is 0 Å². The molecule has 0 saturated carbocycles. The van der Waals surface area contributed by atoms with Crippen LogP contribution in [0.25, 0.3) is 0 Å². The van der Waals surface area contributed by atoms with Crippen LogP contribution in [0.4, 0.5) is 0 Å². The van der Waals surface area contributed by atoms with Gasteiger partial charge in [0.25, 0.3) is 0 Å². The third-order valence-electron chi connectivity index (χ3n) is 1.49. The summed E-state index contributed by atoms with van der Waals surface area (Å²) in [5.41, 5.74) is 5.60. The molecular formula is C9H19NO2S. The standard InChI is InChI=1S/C9H19NO2S/c1-7(2)6-12-9(11)8(10)4-5-13-3/h7-8H,4-6,10H2,1-3H3/t8-/m0/s1. The molecule has 0 aliphatic rings. The van der Waals surface area contributed by atoms with Gasteiger partial charge in [0.15, 0.2) is 0 Å². The smallest absolute Gasteiger partial charge is 0.322 e. The highest BCUT2D eigenvalue weighted by atomic mass is 32.2. The third kappa shape index (κ3) is 6.90. The summed E-state index contributed by atoms with van der Waals surface area (Å²) in [4.78, 5) is 11.2. The molecule has 0 unspecified atom stereocenters. The molecule has 3 nitrogen and oxygen atoms in total. The van der Waals surface area contributed by atoms with Crippen LogP contribution in [0, 0.1) is 5.92 Å². The Morgan fingerprint density at radius 2 is 2.15 bits per heavy atom. The van der Waals surface area contributed by atoms with Gasteiger partial charge in [-0.25, -0.2) is 0 Å². The molecule has 0 spiro atoms. The van der Waals surface area contributed by atoms with Crippen LogP contribution in [0.2, 0.25) is 0 Å². The molecule has 0 saturated heterocycles. The average molecular weight is 205 g/mol. The number of hydrogen-bond acceptors (Lipinski definition) is 4. The summed E-state index contributed by atoms with van der Waals surface area (Å²) in [5, 5.41) is 0. The van der Waals surface area contributed by atoms with Gasteiger partial charge in [-0.1, -0.05) is 13.8 Å². The zero-order chi connectivity index (χ0) is 10.3. The maximum atomic E-state index is 11.2. The minimum absolute atomic E-state index is 0.275. The van der Waals surface area contributed by atoms with E-state index in [9.17, 15) is 4.79 Å². The Labute approximate surface area is 84.4 Å². The lowest BCUT2D eigenvalue weighted by Gasteiger charge is -2.11. The van der Waals surface area contributed by atoms with Crippen molar-refractivity contribution in [2.75, 3.05) is 18.6 Å². The molecule has 78 valence electrons. The highest BCUT2D eigenvalue weighted by Crippen LogP contribution is 2.01. The lowest BCUT2D eigenvalue weighted by molar-refractivity contribution is -0.146. The van der Waals surface area contributed by atoms with E-state index in [1.807, 2.05) is 20.1 Å². The van der Waals surface area contributed by atoms with Crippen molar-refractivity contribution in [2.24, 2.45) is 11.7 Å². The Bertz CT molecular complexity index is 151. The van der Waals surface area contributed by atoms with Crippen molar-refractivity contribution in [1.29, 1.82) is 0 Å². The van der Waals surface area contributed by atoms with E-state index in [1.54, 1.807) is 11.8 Å². The Balaban J connectivity index is 3.57. The number of hydrogen-bond donors (Lipinski definition) is 1. The van der Waals surface area contributed by atoms with Crippen LogP contribution in [-0.2, 0) is 9.53 Å². The number of esters is 1. The van der Waals surface area contributed by atoms with Gasteiger partial charge in [0.2, 0.25) is 0 Å². The minimum Gasteiger partial charge on any atom is -0.464 e. The predicted octanol–water partition coefficient (Wildman–Crippen LogP) is 1.27. The lowest BCUT2D eigenvalue weighted by Crippen LogP contribution is -2.33. The summed E-state index contributed by atoms with van der Waals surface area (Å²) in [6.07, 6.45) is 2.68. The fourth-order valence-corrected chi connectivity index (χ4v) is 1.21. The molecule has 0 aliphatic carbocycles. The zero-order valence-corrected chi connectivity index (χ0v) is 9.39. The van der Waals surface area contributed by atoms with Crippen molar-refractivity contribution in [3.8, 4) is 0 Å². The molecular weight excluding hydrogens is 186 g/mol. The van der Waals surface area contributed by atoms with Crippen molar-refractivity contribution >= 4 is 17.7 Å². The monoisotopic (exact) mass is 205 g/mol. The normalized spacial score (nSPS) is 13.0. The Hall–Kier alpha value is -0.220. The molecule has 0 amide bonds. The van der Waals surface area contributed by atoms with Crippen molar-refractivity contribution in [2.45, 2.75) is 26.3 Å². The van der Waals surface area contributed by atoms with E-state index in [0.29, 0.717) is 18.9 Å². The van der Waals surface area contributed by atoms with E-state index in [0.717, 1.165) is 5.75 Å². The largest absolute Gasteiger partial charge is 0.464 e. The van der Waals surface area contributed by atoms with Crippen molar-refractivity contribution in [1.82, 2.24) is 0 Å². The van der Waals surface area contributed by atoms with Crippen LogP contribution in [0.1, 0.15) is 20.3 Å². The number of ether oxygens (including phenoxy) is 1. The fraction of sp³-hybridized carbons (Fsp3) is 0.889. The van der Waals surface area contributed by atoms with Crippen LogP contribution >= 0.6 is 11.8 Å². The van der Waals surface area contributed by atoms with Gasteiger partial charge in [0.1, 0.15) is 6.04 Å². The third-order valence-corrected chi connectivity index (χ3v) is 2.14. The topological polar surface area (TPSA) is 52.3 Å². The predicted molar refractivity (Wildman–Crippen MR) is 56.8 cm³/mol. The summed E-state index contributed by atoms with van der Waals surface area (Å²) in [6.45, 7) is 4.47. The molecule has 4 heteroatoms. The van der Waals surface area contributed by atoms with Crippen molar-refractivity contribution < 1.29 is 9.53 Å². The number of nitrogens with two attached hydrogens (primary N) is 1. The molecule has 2 N–H and O–H groups in total. The molecule has 0 aromatic carbocycles. The van der Waals surface area contributed by atoms with Crippen LogP contribution < -0.4 is 5.73 Å². The molecule has 0 aromatic rings. The van der Waals surface area contributed by atoms with E-state index in [-0.39, 0.29) is 5.97 Å². The molecule has 0 aliphatic heterocycles. The van der Waals surface area contributed by atoms with Gasteiger partial charge in [0.05, 0.1) is 6.61 Å². The quantitative estimate of drug-likeness (QED) is 0.663. The average Bonchev–Trinajstić information content (AvgIpc) is 2.10. The molecule has 0 heterocycles. The van der Waals surface area contributed by atoms with Crippen LogP contribution in [0.15, 0.2) is 0 Å². The van der Waals surface area contributed by atoms with Gasteiger partial charge < -0.3 is 10.5 Å². The summed E-state index contributed by atoms with van der Waals surface area (Å²) in [5.74, 6) is 0.997. The first-order chi connectivity index (χ1) is 6.07. The Morgan fingerprint density at radius 1 is 1.54 bits per heavy atom. The van der Waals surface area contributed by atoms with Gasteiger partial charge in [-0.05, 0) is 24.3 Å². The van der Waals surface area contributed by atoms with E-state index in [1.165, 1.54) is 0 Å². The molecule has 0 fully saturated rings. The summed E-state index contributed by atoms with van der Waals surface area (Å²) in [7, 11) is 0. The SMILES string of the molecule is CSCC[C@H](N)C(=O)OCC(C)C. The molecule has 13 heavy (non-hydrogen) atoms. The summed E-state index contributed by atoms with van der Waals surface area (Å²) >= 11 is 1.68. The fourth-order valence-electron chi connectivity index (χ4n) is 0.719. The maximum absolute atomic E-state index is 11.2. The second-order valence-electron chi connectivity index (χ2n) is 3.41. The number of carbonyl (C=O) groups excluding carboxylic acids is 1. The first-order valence-corrected chi connectivity index (χ1v) is 5.88. The first-order valence-electron chi connectivity index (χ1n) is 4.49. The number of carbonyl (C=O) groups is 1.